The maximum absolute atomic E-state index is 6.08. The van der Waals surface area contributed by atoms with Crippen LogP contribution in [0, 0.1) is 0 Å². The van der Waals surface area contributed by atoms with Gasteiger partial charge < -0.3 is 5.32 Å². The van der Waals surface area contributed by atoms with Gasteiger partial charge in [-0.25, -0.2) is 0 Å². The maximum Gasteiger partial charge on any atom is 0.129 e. The lowest BCUT2D eigenvalue weighted by molar-refractivity contribution is 0.727. The molecule has 2 rings (SSSR count). The zero-order valence-corrected chi connectivity index (χ0v) is 16.8. The Morgan fingerprint density at radius 1 is 0.833 bits per heavy atom. The minimum Gasteiger partial charge on any atom is -0.367 e. The monoisotopic (exact) mass is 380 g/mol. The third kappa shape index (κ3) is 5.48. The molecular formula is C19H23Cl2N2P. The summed E-state index contributed by atoms with van der Waals surface area (Å²) < 4.78 is 0. The van der Waals surface area contributed by atoms with E-state index in [-0.39, 0.29) is 6.04 Å². The van der Waals surface area contributed by atoms with Gasteiger partial charge in [0.25, 0.3) is 0 Å². The standard InChI is InChI=1S/C19H23Cl2N2P/c1-13(2)22-19(23-14(3)4)24(17-9-5-15(20)6-10-17)18-11-7-16(21)8-12-18/h5-14H,1-4H3,(H,22,23). The Kier molecular flexibility index (Phi) is 7.10. The van der Waals surface area contributed by atoms with E-state index in [0.717, 1.165) is 15.6 Å². The molecule has 0 amide bonds. The van der Waals surface area contributed by atoms with Crippen molar-refractivity contribution in [2.24, 2.45) is 4.99 Å². The number of hydrogen-bond donors (Lipinski definition) is 1. The predicted molar refractivity (Wildman–Crippen MR) is 110 cm³/mol. The van der Waals surface area contributed by atoms with Gasteiger partial charge in [-0.1, -0.05) is 47.5 Å². The summed E-state index contributed by atoms with van der Waals surface area (Å²) in [6.45, 7) is 8.46. The molecule has 0 aliphatic rings. The van der Waals surface area contributed by atoms with Crippen LogP contribution in [0.5, 0.6) is 0 Å². The second-order valence-electron chi connectivity index (χ2n) is 6.13. The van der Waals surface area contributed by atoms with E-state index >= 15 is 0 Å². The smallest absolute Gasteiger partial charge is 0.129 e. The van der Waals surface area contributed by atoms with Gasteiger partial charge in [0.05, 0.1) is 0 Å². The molecule has 0 fully saturated rings. The lowest BCUT2D eigenvalue weighted by Crippen LogP contribution is -2.34. The highest BCUT2D eigenvalue weighted by atomic mass is 35.5. The average molecular weight is 381 g/mol. The molecule has 2 nitrogen and oxygen atoms in total. The number of nitrogens with one attached hydrogen (secondary N) is 1. The van der Waals surface area contributed by atoms with Gasteiger partial charge in [-0.3, -0.25) is 4.99 Å². The van der Waals surface area contributed by atoms with E-state index in [2.05, 4.69) is 57.3 Å². The molecule has 24 heavy (non-hydrogen) atoms. The minimum absolute atomic E-state index is 0.218. The number of halogens is 2. The molecule has 0 atom stereocenters. The molecule has 128 valence electrons. The summed E-state index contributed by atoms with van der Waals surface area (Å²) in [6, 6.07) is 16.6. The van der Waals surface area contributed by atoms with Crippen LogP contribution in [-0.4, -0.2) is 17.7 Å². The van der Waals surface area contributed by atoms with Gasteiger partial charge in [0.2, 0.25) is 0 Å². The first kappa shape index (κ1) is 19.2. The molecule has 2 aromatic rings. The summed E-state index contributed by atoms with van der Waals surface area (Å²) >= 11 is 12.2. The van der Waals surface area contributed by atoms with E-state index in [1.165, 1.54) is 10.6 Å². The van der Waals surface area contributed by atoms with Crippen LogP contribution in [0.25, 0.3) is 0 Å². The van der Waals surface area contributed by atoms with Crippen LogP contribution < -0.4 is 15.9 Å². The molecule has 0 aliphatic heterocycles. The Morgan fingerprint density at radius 3 is 1.58 bits per heavy atom. The van der Waals surface area contributed by atoms with Crippen LogP contribution in [0.2, 0.25) is 10.0 Å². The van der Waals surface area contributed by atoms with Crippen molar-refractivity contribution in [3.8, 4) is 0 Å². The molecule has 0 saturated heterocycles. The third-order valence-electron chi connectivity index (χ3n) is 3.18. The van der Waals surface area contributed by atoms with Crippen LogP contribution in [0.3, 0.4) is 0 Å². The van der Waals surface area contributed by atoms with Gasteiger partial charge >= 0.3 is 0 Å². The Labute approximate surface area is 156 Å². The van der Waals surface area contributed by atoms with Crippen LogP contribution in [0.15, 0.2) is 53.5 Å². The van der Waals surface area contributed by atoms with Crippen molar-refractivity contribution >= 4 is 47.3 Å². The quantitative estimate of drug-likeness (QED) is 0.430. The first-order valence-corrected chi connectivity index (χ1v) is 10.1. The SMILES string of the molecule is CC(C)N=C(NC(C)C)P(c1ccc(Cl)cc1)c1ccc(Cl)cc1. The van der Waals surface area contributed by atoms with Gasteiger partial charge in [-0.15, -0.1) is 0 Å². The van der Waals surface area contributed by atoms with Gasteiger partial charge in [-0.2, -0.15) is 0 Å². The summed E-state index contributed by atoms with van der Waals surface area (Å²) in [5.41, 5.74) is 1.03. The number of aliphatic imine (C=N–C) groups is 1. The van der Waals surface area contributed by atoms with Gasteiger partial charge in [0.15, 0.2) is 0 Å². The fourth-order valence-corrected chi connectivity index (χ4v) is 4.90. The molecule has 0 saturated carbocycles. The van der Waals surface area contributed by atoms with E-state index in [1.54, 1.807) is 0 Å². The molecule has 0 aromatic heterocycles. The molecule has 0 spiro atoms. The Balaban J connectivity index is 2.55. The molecule has 0 unspecified atom stereocenters. The van der Waals surface area contributed by atoms with Crippen LogP contribution in [0.1, 0.15) is 27.7 Å². The summed E-state index contributed by atoms with van der Waals surface area (Å²) in [5.74, 6) is 0. The van der Waals surface area contributed by atoms with Crippen molar-refractivity contribution in [3.63, 3.8) is 0 Å². The fraction of sp³-hybridized carbons (Fsp3) is 0.316. The highest BCUT2D eigenvalue weighted by Crippen LogP contribution is 2.36. The number of hydrogen-bond acceptors (Lipinski definition) is 1. The first-order chi connectivity index (χ1) is 11.4. The van der Waals surface area contributed by atoms with E-state index in [1.807, 2.05) is 24.3 Å². The largest absolute Gasteiger partial charge is 0.367 e. The minimum atomic E-state index is -0.782. The van der Waals surface area contributed by atoms with Crippen molar-refractivity contribution in [2.45, 2.75) is 39.8 Å². The van der Waals surface area contributed by atoms with Crippen molar-refractivity contribution in [1.29, 1.82) is 0 Å². The summed E-state index contributed by atoms with van der Waals surface area (Å²) in [7, 11) is -0.782. The molecule has 5 heteroatoms. The summed E-state index contributed by atoms with van der Waals surface area (Å²) in [5, 5.41) is 7.45. The summed E-state index contributed by atoms with van der Waals surface area (Å²) in [6.07, 6.45) is 0. The molecule has 1 N–H and O–H groups in total. The number of amidine groups is 1. The normalized spacial score (nSPS) is 12.3. The predicted octanol–water partition coefficient (Wildman–Crippen LogP) is 5.19. The Bertz CT molecular complexity index is 634. The van der Waals surface area contributed by atoms with Crippen LogP contribution >= 0.6 is 31.1 Å². The van der Waals surface area contributed by atoms with Gasteiger partial charge in [0, 0.05) is 30.1 Å². The zero-order valence-electron chi connectivity index (χ0n) is 14.4. The van der Waals surface area contributed by atoms with Crippen LogP contribution in [0.4, 0.5) is 0 Å². The van der Waals surface area contributed by atoms with Gasteiger partial charge in [-0.05, 0) is 62.6 Å². The molecule has 0 heterocycles. The number of rotatable bonds is 5. The van der Waals surface area contributed by atoms with Crippen LogP contribution in [-0.2, 0) is 0 Å². The lowest BCUT2D eigenvalue weighted by atomic mass is 10.4. The third-order valence-corrected chi connectivity index (χ3v) is 5.98. The lowest BCUT2D eigenvalue weighted by Gasteiger charge is -2.24. The molecular weight excluding hydrogens is 358 g/mol. The van der Waals surface area contributed by atoms with Crippen molar-refractivity contribution in [2.75, 3.05) is 0 Å². The Morgan fingerprint density at radius 2 is 1.25 bits per heavy atom. The van der Waals surface area contributed by atoms with Crippen molar-refractivity contribution in [3.05, 3.63) is 58.6 Å². The highest BCUT2D eigenvalue weighted by molar-refractivity contribution is 7.88. The van der Waals surface area contributed by atoms with E-state index in [4.69, 9.17) is 28.2 Å². The molecule has 0 bridgehead atoms. The second kappa shape index (κ2) is 8.85. The molecule has 2 aromatic carbocycles. The molecule has 0 radical (unpaired) electrons. The maximum atomic E-state index is 6.08. The zero-order chi connectivity index (χ0) is 17.7. The fourth-order valence-electron chi connectivity index (χ4n) is 2.24. The van der Waals surface area contributed by atoms with Gasteiger partial charge in [0.1, 0.15) is 5.58 Å². The average Bonchev–Trinajstić information content (AvgIpc) is 2.50. The topological polar surface area (TPSA) is 24.4 Å². The van der Waals surface area contributed by atoms with E-state index in [9.17, 15) is 0 Å². The van der Waals surface area contributed by atoms with Crippen molar-refractivity contribution < 1.29 is 0 Å². The first-order valence-electron chi connectivity index (χ1n) is 8.02. The van der Waals surface area contributed by atoms with Crippen molar-refractivity contribution in [1.82, 2.24) is 5.32 Å². The second-order valence-corrected chi connectivity index (χ2v) is 9.13. The van der Waals surface area contributed by atoms with E-state index < -0.39 is 7.92 Å². The molecule has 0 aliphatic carbocycles. The summed E-state index contributed by atoms with van der Waals surface area (Å²) in [4.78, 5) is 4.88. The Hall–Kier alpha value is -1.08. The highest BCUT2D eigenvalue weighted by Gasteiger charge is 2.21. The number of benzene rings is 2. The number of nitrogens with zero attached hydrogens (tertiary/aromatic N) is 1. The van der Waals surface area contributed by atoms with E-state index in [0.29, 0.717) is 6.04 Å².